The highest BCUT2D eigenvalue weighted by Gasteiger charge is 2.12. The summed E-state index contributed by atoms with van der Waals surface area (Å²) in [5, 5.41) is 0. The summed E-state index contributed by atoms with van der Waals surface area (Å²) in [4.78, 5) is 11.1. The van der Waals surface area contributed by atoms with Gasteiger partial charge in [0, 0.05) is 6.08 Å². The van der Waals surface area contributed by atoms with Gasteiger partial charge in [-0.25, -0.2) is 4.79 Å². The molecule has 0 spiro atoms. The van der Waals surface area contributed by atoms with Gasteiger partial charge in [0.1, 0.15) is 18.5 Å². The average Bonchev–Trinajstić information content (AvgIpc) is 2.37. The van der Waals surface area contributed by atoms with Crippen molar-refractivity contribution in [3.63, 3.8) is 0 Å². The molecule has 0 bridgehead atoms. The second-order valence-electron chi connectivity index (χ2n) is 3.68. The fourth-order valence-corrected chi connectivity index (χ4v) is 1.42. The van der Waals surface area contributed by atoms with Gasteiger partial charge < -0.3 is 9.47 Å². The number of benzene rings is 1. The largest absolute Gasteiger partial charge is 0.490 e. The highest BCUT2D eigenvalue weighted by Crippen LogP contribution is 2.11. The maximum Gasteiger partial charge on any atom is 0.330 e. The molecular weight excluding hydrogens is 216 g/mol. The summed E-state index contributed by atoms with van der Waals surface area (Å²) in [5.74, 6) is 0.378. The number of carbonyl (C=O) groups is 1. The van der Waals surface area contributed by atoms with Crippen LogP contribution in [0.4, 0.5) is 0 Å². The molecule has 1 unspecified atom stereocenters. The standard InChI is InChI=1S/C14H18O3/c1-3-8-13(17-14(15)4-2)11-16-12-9-6-5-7-10-12/h4-7,9-10,13H,2-3,8,11H2,1H3. The fraction of sp³-hybridized carbons (Fsp3) is 0.357. The first-order chi connectivity index (χ1) is 8.26. The van der Waals surface area contributed by atoms with Crippen LogP contribution in [0, 0.1) is 0 Å². The second kappa shape index (κ2) is 7.49. The van der Waals surface area contributed by atoms with Crippen LogP contribution in [0.15, 0.2) is 43.0 Å². The van der Waals surface area contributed by atoms with Gasteiger partial charge in [-0.1, -0.05) is 38.1 Å². The van der Waals surface area contributed by atoms with Gasteiger partial charge in [-0.05, 0) is 18.6 Å². The minimum atomic E-state index is -0.403. The van der Waals surface area contributed by atoms with Gasteiger partial charge >= 0.3 is 5.97 Å². The van der Waals surface area contributed by atoms with Crippen LogP contribution in [0.5, 0.6) is 5.75 Å². The Morgan fingerprint density at radius 3 is 2.71 bits per heavy atom. The zero-order chi connectivity index (χ0) is 12.5. The monoisotopic (exact) mass is 234 g/mol. The van der Waals surface area contributed by atoms with Crippen molar-refractivity contribution in [2.45, 2.75) is 25.9 Å². The summed E-state index contributed by atoms with van der Waals surface area (Å²) in [6.07, 6.45) is 2.68. The van der Waals surface area contributed by atoms with Gasteiger partial charge in [-0.15, -0.1) is 0 Å². The molecule has 0 heterocycles. The Hall–Kier alpha value is -1.77. The third kappa shape index (κ3) is 5.20. The van der Waals surface area contributed by atoms with E-state index in [1.807, 2.05) is 37.3 Å². The molecule has 1 aromatic carbocycles. The molecule has 1 atom stereocenters. The molecule has 1 rings (SSSR count). The predicted molar refractivity (Wildman–Crippen MR) is 66.9 cm³/mol. The van der Waals surface area contributed by atoms with E-state index in [2.05, 4.69) is 6.58 Å². The summed E-state index contributed by atoms with van der Waals surface area (Å²) >= 11 is 0. The van der Waals surface area contributed by atoms with Crippen molar-refractivity contribution >= 4 is 5.97 Å². The van der Waals surface area contributed by atoms with Crippen molar-refractivity contribution in [1.29, 1.82) is 0 Å². The molecule has 1 aromatic rings. The Labute approximate surface area is 102 Å². The average molecular weight is 234 g/mol. The lowest BCUT2D eigenvalue weighted by molar-refractivity contribution is -0.144. The Morgan fingerprint density at radius 1 is 1.41 bits per heavy atom. The molecule has 0 aliphatic carbocycles. The highest BCUT2D eigenvalue weighted by atomic mass is 16.6. The molecule has 0 saturated heterocycles. The topological polar surface area (TPSA) is 35.5 Å². The molecule has 0 saturated carbocycles. The fourth-order valence-electron chi connectivity index (χ4n) is 1.42. The van der Waals surface area contributed by atoms with Crippen molar-refractivity contribution in [3.8, 4) is 5.75 Å². The molecule has 0 amide bonds. The summed E-state index contributed by atoms with van der Waals surface area (Å²) in [6, 6.07) is 9.48. The number of hydrogen-bond acceptors (Lipinski definition) is 3. The van der Waals surface area contributed by atoms with Gasteiger partial charge in [-0.2, -0.15) is 0 Å². The Kier molecular flexibility index (Phi) is 5.86. The number of ether oxygens (including phenoxy) is 2. The van der Waals surface area contributed by atoms with Crippen LogP contribution < -0.4 is 4.74 Å². The first kappa shape index (κ1) is 13.3. The molecule has 3 heteroatoms. The van der Waals surface area contributed by atoms with E-state index in [4.69, 9.17) is 9.47 Å². The van der Waals surface area contributed by atoms with Crippen LogP contribution in [0.3, 0.4) is 0 Å². The maximum absolute atomic E-state index is 11.1. The zero-order valence-electron chi connectivity index (χ0n) is 10.1. The number of para-hydroxylation sites is 1. The molecule has 0 aliphatic rings. The molecule has 0 fully saturated rings. The first-order valence-corrected chi connectivity index (χ1v) is 5.77. The Balaban J connectivity index is 2.44. The van der Waals surface area contributed by atoms with E-state index < -0.39 is 5.97 Å². The third-order valence-electron chi connectivity index (χ3n) is 2.24. The molecule has 3 nitrogen and oxygen atoms in total. The molecule has 0 aliphatic heterocycles. The van der Waals surface area contributed by atoms with Gasteiger partial charge in [0.2, 0.25) is 0 Å². The Bertz CT molecular complexity index is 346. The maximum atomic E-state index is 11.1. The third-order valence-corrected chi connectivity index (χ3v) is 2.24. The number of esters is 1. The summed E-state index contributed by atoms with van der Waals surface area (Å²) in [7, 11) is 0. The zero-order valence-corrected chi connectivity index (χ0v) is 10.1. The van der Waals surface area contributed by atoms with Crippen molar-refractivity contribution in [1.82, 2.24) is 0 Å². The lowest BCUT2D eigenvalue weighted by Gasteiger charge is -2.17. The van der Waals surface area contributed by atoms with Crippen LogP contribution in [0.25, 0.3) is 0 Å². The quantitative estimate of drug-likeness (QED) is 0.537. The van der Waals surface area contributed by atoms with Crippen LogP contribution in [-0.4, -0.2) is 18.7 Å². The highest BCUT2D eigenvalue weighted by molar-refractivity contribution is 5.81. The predicted octanol–water partition coefficient (Wildman–Crippen LogP) is 2.96. The van der Waals surface area contributed by atoms with E-state index in [1.165, 1.54) is 6.08 Å². The molecule has 92 valence electrons. The van der Waals surface area contributed by atoms with Crippen LogP contribution in [0.2, 0.25) is 0 Å². The SMILES string of the molecule is C=CC(=O)OC(CCC)COc1ccccc1. The number of carbonyl (C=O) groups excluding carboxylic acids is 1. The van der Waals surface area contributed by atoms with E-state index in [9.17, 15) is 4.79 Å². The van der Waals surface area contributed by atoms with E-state index in [0.29, 0.717) is 6.61 Å². The van der Waals surface area contributed by atoms with Gasteiger partial charge in [0.15, 0.2) is 0 Å². The lowest BCUT2D eigenvalue weighted by Crippen LogP contribution is -2.24. The van der Waals surface area contributed by atoms with Crippen LogP contribution >= 0.6 is 0 Å². The van der Waals surface area contributed by atoms with Crippen LogP contribution in [-0.2, 0) is 9.53 Å². The molecule has 17 heavy (non-hydrogen) atoms. The summed E-state index contributed by atoms with van der Waals surface area (Å²) in [6.45, 7) is 5.79. The van der Waals surface area contributed by atoms with E-state index in [1.54, 1.807) is 0 Å². The van der Waals surface area contributed by atoms with Gasteiger partial charge in [0.25, 0.3) is 0 Å². The molecule has 0 N–H and O–H groups in total. The minimum Gasteiger partial charge on any atom is -0.490 e. The van der Waals surface area contributed by atoms with Crippen molar-refractivity contribution in [2.24, 2.45) is 0 Å². The Morgan fingerprint density at radius 2 is 2.12 bits per heavy atom. The lowest BCUT2D eigenvalue weighted by atomic mass is 10.2. The van der Waals surface area contributed by atoms with E-state index in [0.717, 1.165) is 18.6 Å². The second-order valence-corrected chi connectivity index (χ2v) is 3.68. The van der Waals surface area contributed by atoms with Gasteiger partial charge in [-0.3, -0.25) is 0 Å². The number of hydrogen-bond donors (Lipinski definition) is 0. The first-order valence-electron chi connectivity index (χ1n) is 5.77. The van der Waals surface area contributed by atoms with Crippen molar-refractivity contribution in [3.05, 3.63) is 43.0 Å². The number of rotatable bonds is 7. The van der Waals surface area contributed by atoms with Gasteiger partial charge in [0.05, 0.1) is 0 Å². The van der Waals surface area contributed by atoms with E-state index in [-0.39, 0.29) is 6.10 Å². The molecular formula is C14H18O3. The van der Waals surface area contributed by atoms with E-state index >= 15 is 0 Å². The summed E-state index contributed by atoms with van der Waals surface area (Å²) < 4.78 is 10.7. The van der Waals surface area contributed by atoms with Crippen LogP contribution in [0.1, 0.15) is 19.8 Å². The van der Waals surface area contributed by atoms with Crippen molar-refractivity contribution in [2.75, 3.05) is 6.61 Å². The molecule has 0 radical (unpaired) electrons. The smallest absolute Gasteiger partial charge is 0.330 e. The van der Waals surface area contributed by atoms with Crippen molar-refractivity contribution < 1.29 is 14.3 Å². The minimum absolute atomic E-state index is 0.217. The molecule has 0 aromatic heterocycles. The summed E-state index contributed by atoms with van der Waals surface area (Å²) in [5.41, 5.74) is 0. The normalized spacial score (nSPS) is 11.6.